The Morgan fingerprint density at radius 2 is 2.05 bits per heavy atom. The van der Waals surface area contributed by atoms with Gasteiger partial charge in [-0.1, -0.05) is 12.8 Å². The number of carbonyl (C=O) groups excluding carboxylic acids is 1. The van der Waals surface area contributed by atoms with Gasteiger partial charge in [0.2, 0.25) is 0 Å². The second kappa shape index (κ2) is 7.84. The van der Waals surface area contributed by atoms with E-state index >= 15 is 0 Å². The predicted molar refractivity (Wildman–Crippen MR) is 79.7 cm³/mol. The van der Waals surface area contributed by atoms with Gasteiger partial charge in [0.25, 0.3) is 0 Å². The van der Waals surface area contributed by atoms with Crippen LogP contribution in [-0.2, 0) is 4.74 Å². The normalized spacial score (nSPS) is 25.1. The largest absolute Gasteiger partial charge is 0.396 e. The summed E-state index contributed by atoms with van der Waals surface area (Å²) in [5, 5.41) is 15.3. The molecular formula is C15H30N2O3. The summed E-state index contributed by atoms with van der Waals surface area (Å²) in [4.78, 5) is 12.0. The van der Waals surface area contributed by atoms with Gasteiger partial charge in [0, 0.05) is 31.7 Å². The number of carbonyl (C=O) groups is 1. The van der Waals surface area contributed by atoms with Gasteiger partial charge in [-0.05, 0) is 40.0 Å². The van der Waals surface area contributed by atoms with Gasteiger partial charge < -0.3 is 20.5 Å². The molecule has 0 heterocycles. The fourth-order valence-electron chi connectivity index (χ4n) is 2.92. The number of aliphatic hydroxyl groups is 1. The summed E-state index contributed by atoms with van der Waals surface area (Å²) in [6.45, 7) is 6.14. The zero-order valence-corrected chi connectivity index (χ0v) is 13.2. The highest BCUT2D eigenvalue weighted by Crippen LogP contribution is 2.24. The highest BCUT2D eigenvalue weighted by atomic mass is 16.5. The molecule has 5 nitrogen and oxygen atoms in total. The summed E-state index contributed by atoms with van der Waals surface area (Å²) in [7, 11) is 1.68. The molecule has 3 N–H and O–H groups in total. The van der Waals surface area contributed by atoms with E-state index in [4.69, 9.17) is 4.74 Å². The number of rotatable bonds is 6. The third-order valence-electron chi connectivity index (χ3n) is 4.19. The number of urea groups is 1. The maximum absolute atomic E-state index is 12.0. The van der Waals surface area contributed by atoms with Gasteiger partial charge in [0.05, 0.1) is 5.60 Å². The van der Waals surface area contributed by atoms with E-state index in [2.05, 4.69) is 10.6 Å². The minimum Gasteiger partial charge on any atom is -0.396 e. The van der Waals surface area contributed by atoms with E-state index in [0.29, 0.717) is 0 Å². The molecule has 0 aromatic rings. The second-order valence-electron chi connectivity index (χ2n) is 6.52. The molecular weight excluding hydrogens is 256 g/mol. The predicted octanol–water partition coefficient (Wildman–Crippen LogP) is 2.04. The first-order valence-corrected chi connectivity index (χ1v) is 7.61. The van der Waals surface area contributed by atoms with Crippen LogP contribution in [0.25, 0.3) is 0 Å². The second-order valence-corrected chi connectivity index (χ2v) is 6.52. The summed E-state index contributed by atoms with van der Waals surface area (Å²) >= 11 is 0. The Bertz CT molecular complexity index is 307. The molecule has 3 unspecified atom stereocenters. The minimum atomic E-state index is -0.245. The van der Waals surface area contributed by atoms with Crippen molar-refractivity contribution in [1.29, 1.82) is 0 Å². The summed E-state index contributed by atoms with van der Waals surface area (Å²) in [5.41, 5.74) is -0.245. The lowest BCUT2D eigenvalue weighted by atomic mass is 9.85. The molecule has 1 aliphatic rings. The molecule has 0 aromatic heterocycles. The molecule has 1 aliphatic carbocycles. The molecule has 0 spiro atoms. The van der Waals surface area contributed by atoms with Crippen LogP contribution in [0.3, 0.4) is 0 Å². The molecule has 0 bridgehead atoms. The van der Waals surface area contributed by atoms with Gasteiger partial charge in [-0.15, -0.1) is 0 Å². The Kier molecular flexibility index (Phi) is 6.76. The van der Waals surface area contributed by atoms with E-state index in [9.17, 15) is 9.90 Å². The molecule has 20 heavy (non-hydrogen) atoms. The molecule has 0 aromatic carbocycles. The van der Waals surface area contributed by atoms with Crippen molar-refractivity contribution < 1.29 is 14.6 Å². The molecule has 3 atom stereocenters. The van der Waals surface area contributed by atoms with Crippen LogP contribution in [0.2, 0.25) is 0 Å². The van der Waals surface area contributed by atoms with Gasteiger partial charge in [0.1, 0.15) is 0 Å². The summed E-state index contributed by atoms with van der Waals surface area (Å²) in [5.74, 6) is 0.195. The fourth-order valence-corrected chi connectivity index (χ4v) is 2.92. The van der Waals surface area contributed by atoms with Gasteiger partial charge in [-0.2, -0.15) is 0 Å². The average Bonchev–Trinajstić information content (AvgIpc) is 2.38. The van der Waals surface area contributed by atoms with E-state index in [1.165, 1.54) is 0 Å². The molecule has 2 amide bonds. The molecule has 118 valence electrons. The SMILES string of the molecule is COC(C)(C)CC(C)NC(=O)NC1CCCCC1CO. The van der Waals surface area contributed by atoms with E-state index in [1.807, 2.05) is 20.8 Å². The Morgan fingerprint density at radius 3 is 2.65 bits per heavy atom. The van der Waals surface area contributed by atoms with Crippen LogP contribution in [0, 0.1) is 5.92 Å². The summed E-state index contributed by atoms with van der Waals surface area (Å²) in [6.07, 6.45) is 4.96. The van der Waals surface area contributed by atoms with Crippen molar-refractivity contribution in [2.75, 3.05) is 13.7 Å². The quantitative estimate of drug-likeness (QED) is 0.700. The van der Waals surface area contributed by atoms with Crippen molar-refractivity contribution in [2.45, 2.75) is 70.6 Å². The van der Waals surface area contributed by atoms with Crippen LogP contribution in [0.5, 0.6) is 0 Å². The van der Waals surface area contributed by atoms with Gasteiger partial charge in [-0.25, -0.2) is 4.79 Å². The number of hydrogen-bond donors (Lipinski definition) is 3. The van der Waals surface area contributed by atoms with Gasteiger partial charge in [0.15, 0.2) is 0 Å². The lowest BCUT2D eigenvalue weighted by Crippen LogP contribution is -2.50. The monoisotopic (exact) mass is 286 g/mol. The van der Waals surface area contributed by atoms with Crippen molar-refractivity contribution in [1.82, 2.24) is 10.6 Å². The molecule has 0 aliphatic heterocycles. The van der Waals surface area contributed by atoms with Crippen LogP contribution in [-0.4, -0.2) is 42.5 Å². The van der Waals surface area contributed by atoms with E-state index in [-0.39, 0.29) is 36.2 Å². The third kappa shape index (κ3) is 5.67. The topological polar surface area (TPSA) is 70.6 Å². The number of hydrogen-bond acceptors (Lipinski definition) is 3. The van der Waals surface area contributed by atoms with Crippen molar-refractivity contribution in [3.8, 4) is 0 Å². The Morgan fingerprint density at radius 1 is 1.40 bits per heavy atom. The number of aliphatic hydroxyl groups excluding tert-OH is 1. The Hall–Kier alpha value is -0.810. The standard InChI is InChI=1S/C15H30N2O3/c1-11(9-15(2,3)20-4)16-14(19)17-13-8-6-5-7-12(13)10-18/h11-13,18H,5-10H2,1-4H3,(H2,16,17,19). The lowest BCUT2D eigenvalue weighted by molar-refractivity contribution is 0.00944. The summed E-state index contributed by atoms with van der Waals surface area (Å²) < 4.78 is 5.37. The first kappa shape index (κ1) is 17.2. The molecule has 1 saturated carbocycles. The molecule has 0 radical (unpaired) electrons. The van der Waals surface area contributed by atoms with Gasteiger partial charge in [-0.3, -0.25) is 0 Å². The van der Waals surface area contributed by atoms with Crippen LogP contribution >= 0.6 is 0 Å². The highest BCUT2D eigenvalue weighted by Gasteiger charge is 2.27. The number of nitrogens with one attached hydrogen (secondary N) is 2. The number of methoxy groups -OCH3 is 1. The maximum Gasteiger partial charge on any atom is 0.315 e. The van der Waals surface area contributed by atoms with E-state index in [0.717, 1.165) is 32.1 Å². The number of amides is 2. The smallest absolute Gasteiger partial charge is 0.315 e. The third-order valence-corrected chi connectivity index (χ3v) is 4.19. The molecule has 5 heteroatoms. The minimum absolute atomic E-state index is 0.0427. The van der Waals surface area contributed by atoms with Crippen molar-refractivity contribution in [3.63, 3.8) is 0 Å². The Labute approximate surface area is 122 Å². The van der Waals surface area contributed by atoms with Crippen LogP contribution in [0.15, 0.2) is 0 Å². The first-order chi connectivity index (χ1) is 9.38. The van der Waals surface area contributed by atoms with Crippen molar-refractivity contribution in [3.05, 3.63) is 0 Å². The van der Waals surface area contributed by atoms with Crippen molar-refractivity contribution >= 4 is 6.03 Å². The van der Waals surface area contributed by atoms with Crippen molar-refractivity contribution in [2.24, 2.45) is 5.92 Å². The zero-order chi connectivity index (χ0) is 15.2. The van der Waals surface area contributed by atoms with Crippen LogP contribution < -0.4 is 10.6 Å². The number of ether oxygens (including phenoxy) is 1. The lowest BCUT2D eigenvalue weighted by Gasteiger charge is -2.32. The highest BCUT2D eigenvalue weighted by molar-refractivity contribution is 5.74. The molecule has 1 rings (SSSR count). The van der Waals surface area contributed by atoms with Crippen LogP contribution in [0.4, 0.5) is 4.79 Å². The Balaban J connectivity index is 2.38. The van der Waals surface area contributed by atoms with Gasteiger partial charge >= 0.3 is 6.03 Å². The maximum atomic E-state index is 12.0. The first-order valence-electron chi connectivity index (χ1n) is 7.61. The van der Waals surface area contributed by atoms with E-state index < -0.39 is 0 Å². The fraction of sp³-hybridized carbons (Fsp3) is 0.933. The summed E-state index contributed by atoms with van der Waals surface area (Å²) in [6, 6.07) is -0.00717. The molecule has 0 saturated heterocycles. The zero-order valence-electron chi connectivity index (χ0n) is 13.2. The average molecular weight is 286 g/mol. The van der Waals surface area contributed by atoms with E-state index in [1.54, 1.807) is 7.11 Å². The molecule has 1 fully saturated rings. The van der Waals surface area contributed by atoms with Crippen LogP contribution in [0.1, 0.15) is 52.9 Å².